The van der Waals surface area contributed by atoms with Gasteiger partial charge in [0.1, 0.15) is 0 Å². The van der Waals surface area contributed by atoms with Crippen molar-refractivity contribution in [2.45, 2.75) is 32.1 Å². The number of hydrogen-bond donors (Lipinski definition) is 0. The molecule has 0 aliphatic carbocycles. The summed E-state index contributed by atoms with van der Waals surface area (Å²) >= 11 is 0. The van der Waals surface area contributed by atoms with Crippen LogP contribution in [0.1, 0.15) is 32.1 Å². The molecule has 0 spiro atoms. The second-order valence-corrected chi connectivity index (χ2v) is 2.70. The van der Waals surface area contributed by atoms with Gasteiger partial charge in [0.15, 0.2) is 0 Å². The molecule has 0 saturated heterocycles. The van der Waals surface area contributed by atoms with Crippen molar-refractivity contribution in [1.29, 1.82) is 0 Å². The van der Waals surface area contributed by atoms with E-state index in [1.807, 2.05) is 6.08 Å². The molecule has 12 heavy (non-hydrogen) atoms. The lowest BCUT2D eigenvalue weighted by Gasteiger charge is -2.00. The maximum atomic E-state index is 5.37. The molecule has 0 aromatic rings. The second-order valence-electron chi connectivity index (χ2n) is 2.70. The Bertz CT molecular complexity index is 132. The van der Waals surface area contributed by atoms with E-state index in [0.29, 0.717) is 0 Å². The van der Waals surface area contributed by atoms with Crippen LogP contribution in [0, 0.1) is 12.3 Å². The van der Waals surface area contributed by atoms with E-state index in [1.54, 1.807) is 0 Å². The number of ether oxygens (including phenoxy) is 1. The molecule has 0 aliphatic heterocycles. The number of hydrogen-bond acceptors (Lipinski definition) is 1. The number of terminal acetylenes is 1. The lowest BCUT2D eigenvalue weighted by molar-refractivity contribution is 0.129. The van der Waals surface area contributed by atoms with E-state index >= 15 is 0 Å². The summed E-state index contributed by atoms with van der Waals surface area (Å²) in [6.07, 6.45) is 12.2. The molecule has 68 valence electrons. The van der Waals surface area contributed by atoms with Gasteiger partial charge in [-0.2, -0.15) is 0 Å². The maximum absolute atomic E-state index is 5.37. The van der Waals surface area contributed by atoms with Crippen LogP contribution in [-0.2, 0) is 4.74 Å². The second kappa shape index (κ2) is 10.3. The highest BCUT2D eigenvalue weighted by molar-refractivity contribution is 4.82. The summed E-state index contributed by atoms with van der Waals surface area (Å²) < 4.78 is 5.37. The Balaban J connectivity index is 2.82. The SMILES string of the molecule is C#CCCCCOCCCC=C. The first-order chi connectivity index (χ1) is 5.91. The zero-order valence-corrected chi connectivity index (χ0v) is 7.72. The van der Waals surface area contributed by atoms with E-state index in [-0.39, 0.29) is 0 Å². The van der Waals surface area contributed by atoms with Crippen molar-refractivity contribution >= 4 is 0 Å². The molecule has 0 N–H and O–H groups in total. The van der Waals surface area contributed by atoms with Gasteiger partial charge < -0.3 is 4.74 Å². The van der Waals surface area contributed by atoms with Crippen molar-refractivity contribution in [2.75, 3.05) is 13.2 Å². The Morgan fingerprint density at radius 1 is 1.25 bits per heavy atom. The van der Waals surface area contributed by atoms with Crippen molar-refractivity contribution in [3.8, 4) is 12.3 Å². The van der Waals surface area contributed by atoms with Crippen LogP contribution < -0.4 is 0 Å². The third-order valence-corrected chi connectivity index (χ3v) is 1.56. The van der Waals surface area contributed by atoms with Crippen LogP contribution in [0.3, 0.4) is 0 Å². The molecule has 0 bridgehead atoms. The van der Waals surface area contributed by atoms with Crippen molar-refractivity contribution in [3.05, 3.63) is 12.7 Å². The van der Waals surface area contributed by atoms with Crippen molar-refractivity contribution in [1.82, 2.24) is 0 Å². The number of unbranched alkanes of at least 4 members (excludes halogenated alkanes) is 3. The Morgan fingerprint density at radius 3 is 2.67 bits per heavy atom. The standard InChI is InChI=1S/C11H18O/c1-3-5-7-9-11-12-10-8-6-4-2/h1,4H,2,5-11H2. The van der Waals surface area contributed by atoms with E-state index in [2.05, 4.69) is 12.5 Å². The highest BCUT2D eigenvalue weighted by Crippen LogP contribution is 1.96. The highest BCUT2D eigenvalue weighted by atomic mass is 16.5. The van der Waals surface area contributed by atoms with Gasteiger partial charge in [0.25, 0.3) is 0 Å². The molecule has 0 amide bonds. The minimum atomic E-state index is 0.846. The van der Waals surface area contributed by atoms with Crippen LogP contribution in [-0.4, -0.2) is 13.2 Å². The lowest BCUT2D eigenvalue weighted by atomic mass is 10.2. The summed E-state index contributed by atoms with van der Waals surface area (Å²) in [6, 6.07) is 0. The van der Waals surface area contributed by atoms with Crippen LogP contribution >= 0.6 is 0 Å². The van der Waals surface area contributed by atoms with E-state index in [9.17, 15) is 0 Å². The van der Waals surface area contributed by atoms with Crippen LogP contribution in [0.25, 0.3) is 0 Å². The normalized spacial score (nSPS) is 9.25. The lowest BCUT2D eigenvalue weighted by Crippen LogP contribution is -1.96. The minimum absolute atomic E-state index is 0.846. The summed E-state index contributed by atoms with van der Waals surface area (Å²) in [4.78, 5) is 0. The minimum Gasteiger partial charge on any atom is -0.381 e. The third-order valence-electron chi connectivity index (χ3n) is 1.56. The molecule has 0 radical (unpaired) electrons. The van der Waals surface area contributed by atoms with Crippen LogP contribution in [0.15, 0.2) is 12.7 Å². The van der Waals surface area contributed by atoms with Gasteiger partial charge in [-0.05, 0) is 25.7 Å². The molecular formula is C11H18O. The van der Waals surface area contributed by atoms with E-state index in [4.69, 9.17) is 11.2 Å². The third kappa shape index (κ3) is 9.26. The summed E-state index contributed by atoms with van der Waals surface area (Å²) in [6.45, 7) is 5.34. The highest BCUT2D eigenvalue weighted by Gasteiger charge is 1.88. The smallest absolute Gasteiger partial charge is 0.0468 e. The molecule has 0 rings (SSSR count). The number of allylic oxidation sites excluding steroid dienone is 1. The predicted molar refractivity (Wildman–Crippen MR) is 52.9 cm³/mol. The van der Waals surface area contributed by atoms with Crippen molar-refractivity contribution in [2.24, 2.45) is 0 Å². The Kier molecular flexibility index (Phi) is 9.63. The average Bonchev–Trinajstić information content (AvgIpc) is 2.10. The monoisotopic (exact) mass is 166 g/mol. The van der Waals surface area contributed by atoms with Gasteiger partial charge in [0.05, 0.1) is 0 Å². The molecule has 0 unspecified atom stereocenters. The first-order valence-electron chi connectivity index (χ1n) is 4.54. The Morgan fingerprint density at radius 2 is 2.00 bits per heavy atom. The fourth-order valence-corrected chi connectivity index (χ4v) is 0.863. The van der Waals surface area contributed by atoms with Gasteiger partial charge in [-0.15, -0.1) is 18.9 Å². The predicted octanol–water partition coefficient (Wildman–Crippen LogP) is 2.77. The first-order valence-corrected chi connectivity index (χ1v) is 4.54. The molecule has 0 saturated carbocycles. The van der Waals surface area contributed by atoms with Crippen LogP contribution in [0.5, 0.6) is 0 Å². The van der Waals surface area contributed by atoms with E-state index in [0.717, 1.165) is 45.3 Å². The molecule has 1 nitrogen and oxygen atoms in total. The Labute approximate surface area is 75.8 Å². The van der Waals surface area contributed by atoms with Crippen molar-refractivity contribution in [3.63, 3.8) is 0 Å². The molecule has 0 heterocycles. The largest absolute Gasteiger partial charge is 0.381 e. The molecule has 0 atom stereocenters. The maximum Gasteiger partial charge on any atom is 0.0468 e. The average molecular weight is 166 g/mol. The number of rotatable bonds is 8. The topological polar surface area (TPSA) is 9.23 Å². The first kappa shape index (κ1) is 11.3. The van der Waals surface area contributed by atoms with Gasteiger partial charge in [0.2, 0.25) is 0 Å². The molecule has 0 aromatic carbocycles. The quantitative estimate of drug-likeness (QED) is 0.306. The molecule has 1 heteroatoms. The molecule has 0 aliphatic rings. The van der Waals surface area contributed by atoms with E-state index in [1.165, 1.54) is 0 Å². The summed E-state index contributed by atoms with van der Waals surface area (Å²) in [5.74, 6) is 2.61. The van der Waals surface area contributed by atoms with Gasteiger partial charge in [-0.1, -0.05) is 6.08 Å². The zero-order chi connectivity index (χ0) is 9.07. The fourth-order valence-electron chi connectivity index (χ4n) is 0.863. The molecular weight excluding hydrogens is 148 g/mol. The summed E-state index contributed by atoms with van der Waals surface area (Å²) in [5.41, 5.74) is 0. The Hall–Kier alpha value is -0.740. The summed E-state index contributed by atoms with van der Waals surface area (Å²) in [5, 5.41) is 0. The van der Waals surface area contributed by atoms with Gasteiger partial charge in [-0.25, -0.2) is 0 Å². The van der Waals surface area contributed by atoms with Crippen LogP contribution in [0.4, 0.5) is 0 Å². The van der Waals surface area contributed by atoms with Gasteiger partial charge in [0, 0.05) is 19.6 Å². The molecule has 0 aromatic heterocycles. The zero-order valence-electron chi connectivity index (χ0n) is 7.72. The van der Waals surface area contributed by atoms with Gasteiger partial charge >= 0.3 is 0 Å². The van der Waals surface area contributed by atoms with Crippen LogP contribution in [0.2, 0.25) is 0 Å². The fraction of sp³-hybridized carbons (Fsp3) is 0.636. The summed E-state index contributed by atoms with van der Waals surface area (Å²) in [7, 11) is 0. The molecule has 0 fully saturated rings. The van der Waals surface area contributed by atoms with Crippen molar-refractivity contribution < 1.29 is 4.74 Å². The van der Waals surface area contributed by atoms with E-state index < -0.39 is 0 Å². The van der Waals surface area contributed by atoms with Gasteiger partial charge in [-0.3, -0.25) is 0 Å².